The SMILES string of the molecule is CCOc1nc(-c2ccccc2)ccc1-c1noc(-c2ccccc2Cl)n1. The fourth-order valence-electron chi connectivity index (χ4n) is 2.70. The van der Waals surface area contributed by atoms with Gasteiger partial charge < -0.3 is 9.26 Å². The van der Waals surface area contributed by atoms with E-state index in [1.807, 2.05) is 67.6 Å². The van der Waals surface area contributed by atoms with Crippen LogP contribution in [0.5, 0.6) is 5.88 Å². The predicted molar refractivity (Wildman–Crippen MR) is 105 cm³/mol. The highest BCUT2D eigenvalue weighted by molar-refractivity contribution is 6.33. The average molecular weight is 378 g/mol. The van der Waals surface area contributed by atoms with E-state index in [1.54, 1.807) is 6.07 Å². The quantitative estimate of drug-likeness (QED) is 0.458. The second kappa shape index (κ2) is 7.60. The van der Waals surface area contributed by atoms with Gasteiger partial charge in [0, 0.05) is 5.56 Å². The molecule has 2 aromatic carbocycles. The highest BCUT2D eigenvalue weighted by Crippen LogP contribution is 2.32. The highest BCUT2D eigenvalue weighted by Gasteiger charge is 2.18. The molecule has 0 atom stereocenters. The van der Waals surface area contributed by atoms with Crippen molar-refractivity contribution in [1.82, 2.24) is 15.1 Å². The average Bonchev–Trinajstić information content (AvgIpc) is 3.19. The van der Waals surface area contributed by atoms with Crippen LogP contribution in [0.25, 0.3) is 34.1 Å². The summed E-state index contributed by atoms with van der Waals surface area (Å²) in [5.41, 5.74) is 3.18. The van der Waals surface area contributed by atoms with Gasteiger partial charge in [0.2, 0.25) is 11.7 Å². The number of pyridine rings is 1. The Bertz CT molecular complexity index is 1060. The zero-order chi connectivity index (χ0) is 18.6. The topological polar surface area (TPSA) is 61.0 Å². The Morgan fingerprint density at radius 3 is 2.44 bits per heavy atom. The van der Waals surface area contributed by atoms with Crippen molar-refractivity contribution in [2.45, 2.75) is 6.92 Å². The molecule has 0 N–H and O–H groups in total. The molecule has 2 aromatic heterocycles. The van der Waals surface area contributed by atoms with Gasteiger partial charge in [-0.3, -0.25) is 0 Å². The first-order chi connectivity index (χ1) is 13.3. The first-order valence-corrected chi connectivity index (χ1v) is 8.92. The predicted octanol–water partition coefficient (Wildman–Crippen LogP) is 5.52. The van der Waals surface area contributed by atoms with Gasteiger partial charge in [0.05, 0.1) is 28.5 Å². The molecule has 4 aromatic rings. The van der Waals surface area contributed by atoms with Crippen LogP contribution in [0.2, 0.25) is 5.02 Å². The Hall–Kier alpha value is -3.18. The Labute approximate surface area is 161 Å². The van der Waals surface area contributed by atoms with Crippen LogP contribution in [-0.4, -0.2) is 21.7 Å². The summed E-state index contributed by atoms with van der Waals surface area (Å²) < 4.78 is 11.1. The molecule has 0 radical (unpaired) electrons. The van der Waals surface area contributed by atoms with Crippen molar-refractivity contribution in [3.8, 4) is 40.0 Å². The van der Waals surface area contributed by atoms with Crippen molar-refractivity contribution < 1.29 is 9.26 Å². The van der Waals surface area contributed by atoms with Crippen molar-refractivity contribution in [3.05, 3.63) is 71.8 Å². The van der Waals surface area contributed by atoms with Gasteiger partial charge in [-0.25, -0.2) is 4.98 Å². The molecule has 0 saturated carbocycles. The minimum absolute atomic E-state index is 0.352. The molecule has 6 heteroatoms. The Kier molecular flexibility index (Phi) is 4.85. The van der Waals surface area contributed by atoms with Gasteiger partial charge in [0.1, 0.15) is 0 Å². The van der Waals surface area contributed by atoms with Crippen molar-refractivity contribution in [3.63, 3.8) is 0 Å². The van der Waals surface area contributed by atoms with Gasteiger partial charge in [-0.2, -0.15) is 4.98 Å². The van der Waals surface area contributed by atoms with E-state index in [-0.39, 0.29) is 0 Å². The maximum absolute atomic E-state index is 6.22. The number of ether oxygens (including phenoxy) is 1. The molecule has 0 aliphatic carbocycles. The van der Waals surface area contributed by atoms with Crippen LogP contribution in [0.4, 0.5) is 0 Å². The molecule has 0 spiro atoms. The molecule has 4 rings (SSSR count). The van der Waals surface area contributed by atoms with Crippen LogP contribution in [0, 0.1) is 0 Å². The Morgan fingerprint density at radius 2 is 1.67 bits per heavy atom. The molecule has 0 aliphatic rings. The minimum Gasteiger partial charge on any atom is -0.477 e. The van der Waals surface area contributed by atoms with Gasteiger partial charge in [0.25, 0.3) is 5.89 Å². The zero-order valence-electron chi connectivity index (χ0n) is 14.6. The van der Waals surface area contributed by atoms with Crippen molar-refractivity contribution >= 4 is 11.6 Å². The highest BCUT2D eigenvalue weighted by atomic mass is 35.5. The maximum Gasteiger partial charge on any atom is 0.259 e. The summed E-state index contributed by atoms with van der Waals surface area (Å²) in [7, 11) is 0. The van der Waals surface area contributed by atoms with Crippen LogP contribution in [0.15, 0.2) is 71.3 Å². The summed E-state index contributed by atoms with van der Waals surface area (Å²) in [5, 5.41) is 4.64. The maximum atomic E-state index is 6.22. The molecule has 2 heterocycles. The first-order valence-electron chi connectivity index (χ1n) is 8.54. The number of benzene rings is 2. The van der Waals surface area contributed by atoms with E-state index in [2.05, 4.69) is 15.1 Å². The van der Waals surface area contributed by atoms with E-state index in [4.69, 9.17) is 20.9 Å². The Morgan fingerprint density at radius 1 is 0.889 bits per heavy atom. The second-order valence-electron chi connectivity index (χ2n) is 5.75. The molecule has 134 valence electrons. The van der Waals surface area contributed by atoms with Crippen LogP contribution < -0.4 is 4.74 Å². The van der Waals surface area contributed by atoms with Gasteiger partial charge in [0.15, 0.2) is 0 Å². The van der Waals surface area contributed by atoms with E-state index in [0.717, 1.165) is 11.3 Å². The molecule has 5 nitrogen and oxygen atoms in total. The minimum atomic E-state index is 0.352. The molecule has 0 aliphatic heterocycles. The number of rotatable bonds is 5. The monoisotopic (exact) mass is 377 g/mol. The second-order valence-corrected chi connectivity index (χ2v) is 6.16. The summed E-state index contributed by atoms with van der Waals surface area (Å²) in [4.78, 5) is 9.11. The lowest BCUT2D eigenvalue weighted by Gasteiger charge is -2.09. The number of nitrogens with zero attached hydrogens (tertiary/aromatic N) is 3. The lowest BCUT2D eigenvalue weighted by atomic mass is 10.1. The Balaban J connectivity index is 1.74. The van der Waals surface area contributed by atoms with Crippen molar-refractivity contribution in [2.24, 2.45) is 0 Å². The van der Waals surface area contributed by atoms with E-state index in [0.29, 0.717) is 40.4 Å². The summed E-state index contributed by atoms with van der Waals surface area (Å²) in [6.45, 7) is 2.39. The normalized spacial score (nSPS) is 10.7. The van der Waals surface area contributed by atoms with Gasteiger partial charge >= 0.3 is 0 Å². The van der Waals surface area contributed by atoms with E-state index >= 15 is 0 Å². The molecule has 0 bridgehead atoms. The van der Waals surface area contributed by atoms with Gasteiger partial charge in [-0.1, -0.05) is 59.2 Å². The van der Waals surface area contributed by atoms with Crippen molar-refractivity contribution in [2.75, 3.05) is 6.61 Å². The number of halogens is 1. The molecular weight excluding hydrogens is 362 g/mol. The van der Waals surface area contributed by atoms with Gasteiger partial charge in [-0.05, 0) is 31.2 Å². The van der Waals surface area contributed by atoms with E-state index in [1.165, 1.54) is 0 Å². The third-order valence-corrected chi connectivity index (χ3v) is 4.31. The summed E-state index contributed by atoms with van der Waals surface area (Å²) in [5.74, 6) is 1.22. The molecule has 0 unspecified atom stereocenters. The number of aromatic nitrogens is 3. The number of hydrogen-bond donors (Lipinski definition) is 0. The standard InChI is InChI=1S/C21H16ClN3O2/c1-2-26-20-16(12-13-18(23-20)14-8-4-3-5-9-14)19-24-21(27-25-19)15-10-6-7-11-17(15)22/h3-13H,2H2,1H3. The van der Waals surface area contributed by atoms with E-state index in [9.17, 15) is 0 Å². The summed E-state index contributed by atoms with van der Waals surface area (Å²) in [6, 6.07) is 21.1. The fourth-order valence-corrected chi connectivity index (χ4v) is 2.92. The first kappa shape index (κ1) is 17.2. The van der Waals surface area contributed by atoms with E-state index < -0.39 is 0 Å². The molecule has 0 saturated heterocycles. The molecule has 27 heavy (non-hydrogen) atoms. The van der Waals surface area contributed by atoms with Crippen molar-refractivity contribution in [1.29, 1.82) is 0 Å². The fraction of sp³-hybridized carbons (Fsp3) is 0.0952. The van der Waals surface area contributed by atoms with Crippen LogP contribution in [0.1, 0.15) is 6.92 Å². The third-order valence-electron chi connectivity index (χ3n) is 3.98. The summed E-state index contributed by atoms with van der Waals surface area (Å²) in [6.07, 6.45) is 0. The lowest BCUT2D eigenvalue weighted by Crippen LogP contribution is -1.99. The largest absolute Gasteiger partial charge is 0.477 e. The zero-order valence-corrected chi connectivity index (χ0v) is 15.3. The van der Waals surface area contributed by atoms with Crippen LogP contribution in [0.3, 0.4) is 0 Å². The lowest BCUT2D eigenvalue weighted by molar-refractivity contribution is 0.328. The number of hydrogen-bond acceptors (Lipinski definition) is 5. The smallest absolute Gasteiger partial charge is 0.259 e. The van der Waals surface area contributed by atoms with Crippen LogP contribution in [-0.2, 0) is 0 Å². The molecular formula is C21H16ClN3O2. The third kappa shape index (κ3) is 3.55. The van der Waals surface area contributed by atoms with Gasteiger partial charge in [-0.15, -0.1) is 0 Å². The van der Waals surface area contributed by atoms with Crippen LogP contribution >= 0.6 is 11.6 Å². The molecule has 0 fully saturated rings. The molecule has 0 amide bonds. The summed E-state index contributed by atoms with van der Waals surface area (Å²) >= 11 is 6.22.